The van der Waals surface area contributed by atoms with E-state index in [0.29, 0.717) is 0 Å². The molecular weight excluding hydrogens is 1190 g/mol. The molecule has 0 aromatic heterocycles. The van der Waals surface area contributed by atoms with Crippen molar-refractivity contribution in [1.82, 2.24) is 0 Å². The predicted molar refractivity (Wildman–Crippen MR) is 428 cm³/mol. The molecule has 0 spiro atoms. The summed E-state index contributed by atoms with van der Waals surface area (Å²) < 4.78 is 0. The Hall–Kier alpha value is -8.26. The molecular formula is C98H107N. The SMILES string of the molecule is CCCCCCC1(CCCCCC)c2cc(-c3c4ccccc4c(-c4ccc5c(c4)C(C)(C)c4ccccc4-5)c4ccccc34)ccc2-c2ccc(N(c3ccc4c(c3)C(CCCC)(CCCC)c3cc(C)ccc3-4)c3ccc4c(c3)C(CCCC)(CCCC)c3cc(C)ccc3-4)cc21. The summed E-state index contributed by atoms with van der Waals surface area (Å²) in [5.74, 6) is 0. The molecule has 11 aromatic carbocycles. The van der Waals surface area contributed by atoms with Gasteiger partial charge in [0.1, 0.15) is 0 Å². The molecule has 1 heteroatoms. The third-order valence-electron chi connectivity index (χ3n) is 25.0. The summed E-state index contributed by atoms with van der Waals surface area (Å²) in [5.41, 5.74) is 34.9. The van der Waals surface area contributed by atoms with Crippen molar-refractivity contribution in [3.63, 3.8) is 0 Å². The van der Waals surface area contributed by atoms with Crippen LogP contribution in [0.5, 0.6) is 0 Å². The van der Waals surface area contributed by atoms with Crippen LogP contribution in [0.25, 0.3) is 88.3 Å². The van der Waals surface area contributed by atoms with Gasteiger partial charge in [0.2, 0.25) is 0 Å². The lowest BCUT2D eigenvalue weighted by Gasteiger charge is -2.36. The first-order valence-corrected chi connectivity index (χ1v) is 39.2. The quantitative estimate of drug-likeness (QED) is 0.0366. The van der Waals surface area contributed by atoms with Gasteiger partial charge in [-0.2, -0.15) is 0 Å². The van der Waals surface area contributed by atoms with Crippen LogP contribution in [0.15, 0.2) is 200 Å². The second-order valence-corrected chi connectivity index (χ2v) is 31.4. The first kappa shape index (κ1) is 66.6. The van der Waals surface area contributed by atoms with E-state index in [1.54, 1.807) is 11.1 Å². The molecule has 1 nitrogen and oxygen atoms in total. The van der Waals surface area contributed by atoms with Crippen molar-refractivity contribution in [3.05, 3.63) is 256 Å². The van der Waals surface area contributed by atoms with E-state index < -0.39 is 0 Å². The normalized spacial score (nSPS) is 15.0. The number of anilines is 3. The topological polar surface area (TPSA) is 3.24 Å². The van der Waals surface area contributed by atoms with Gasteiger partial charge in [0.25, 0.3) is 0 Å². The van der Waals surface area contributed by atoms with Crippen LogP contribution in [0, 0.1) is 13.8 Å². The summed E-state index contributed by atoms with van der Waals surface area (Å²) in [6, 6.07) is 81.2. The fourth-order valence-electron chi connectivity index (χ4n) is 19.9. The first-order valence-electron chi connectivity index (χ1n) is 39.2. The minimum absolute atomic E-state index is 0.0519. The van der Waals surface area contributed by atoms with E-state index >= 15 is 0 Å². The highest BCUT2D eigenvalue weighted by Crippen LogP contribution is 2.62. The lowest BCUT2D eigenvalue weighted by molar-refractivity contribution is 0.401. The van der Waals surface area contributed by atoms with Gasteiger partial charge in [-0.1, -0.05) is 321 Å². The number of benzene rings is 11. The smallest absolute Gasteiger partial charge is 0.0465 e. The van der Waals surface area contributed by atoms with Gasteiger partial charge in [-0.05, 0) is 234 Å². The third kappa shape index (κ3) is 11.1. The van der Waals surface area contributed by atoms with Crippen molar-refractivity contribution in [1.29, 1.82) is 0 Å². The number of hydrogen-bond donors (Lipinski definition) is 0. The number of hydrogen-bond acceptors (Lipinski definition) is 1. The molecule has 0 bridgehead atoms. The second-order valence-electron chi connectivity index (χ2n) is 31.4. The van der Waals surface area contributed by atoms with E-state index in [1.165, 1.54) is 278 Å². The van der Waals surface area contributed by atoms with E-state index in [1.807, 2.05) is 0 Å². The van der Waals surface area contributed by atoms with Crippen molar-refractivity contribution in [2.75, 3.05) is 4.90 Å². The zero-order valence-corrected chi connectivity index (χ0v) is 61.6. The van der Waals surface area contributed by atoms with Crippen LogP contribution in [0.2, 0.25) is 0 Å². The highest BCUT2D eigenvalue weighted by molar-refractivity contribution is 6.21. The molecule has 0 saturated heterocycles. The summed E-state index contributed by atoms with van der Waals surface area (Å²) in [5, 5.41) is 5.27. The van der Waals surface area contributed by atoms with E-state index in [-0.39, 0.29) is 21.7 Å². The number of aryl methyl sites for hydroxylation is 2. The Morgan fingerprint density at radius 2 is 0.545 bits per heavy atom. The molecule has 0 heterocycles. The van der Waals surface area contributed by atoms with Crippen LogP contribution < -0.4 is 4.90 Å². The van der Waals surface area contributed by atoms with Crippen molar-refractivity contribution < 1.29 is 0 Å². The summed E-state index contributed by atoms with van der Waals surface area (Å²) in [6.07, 6.45) is 26.4. The van der Waals surface area contributed by atoms with E-state index in [2.05, 4.69) is 274 Å². The Balaban J connectivity index is 0.943. The lowest BCUT2D eigenvalue weighted by atomic mass is 9.70. The van der Waals surface area contributed by atoms with E-state index in [9.17, 15) is 0 Å². The van der Waals surface area contributed by atoms with Crippen molar-refractivity contribution in [2.45, 2.75) is 232 Å². The van der Waals surface area contributed by atoms with Crippen molar-refractivity contribution >= 4 is 38.6 Å². The van der Waals surface area contributed by atoms with Crippen LogP contribution in [-0.2, 0) is 21.7 Å². The predicted octanol–water partition coefficient (Wildman–Crippen LogP) is 29.2. The minimum atomic E-state index is -0.190. The Bertz CT molecular complexity index is 4640. The molecule has 11 aromatic rings. The number of unbranched alkanes of at least 4 members (excludes halogenated alkanes) is 10. The zero-order valence-electron chi connectivity index (χ0n) is 61.6. The maximum Gasteiger partial charge on any atom is 0.0465 e. The fraction of sp³-hybridized carbons (Fsp3) is 0.367. The molecule has 0 radical (unpaired) electrons. The number of rotatable bonds is 27. The molecule has 0 aliphatic heterocycles. The van der Waals surface area contributed by atoms with Crippen LogP contribution in [0.1, 0.15) is 252 Å². The highest BCUT2D eigenvalue weighted by atomic mass is 15.1. The molecule has 0 atom stereocenters. The van der Waals surface area contributed by atoms with Crippen molar-refractivity contribution in [3.8, 4) is 66.8 Å². The average Bonchev–Trinajstić information content (AvgIpc) is 1.63. The molecule has 0 N–H and O–H groups in total. The lowest BCUT2D eigenvalue weighted by Crippen LogP contribution is -2.27. The fourth-order valence-corrected chi connectivity index (χ4v) is 19.9. The Morgan fingerprint density at radius 3 is 0.929 bits per heavy atom. The molecule has 15 rings (SSSR count). The molecule has 99 heavy (non-hydrogen) atoms. The summed E-state index contributed by atoms with van der Waals surface area (Å²) in [6.45, 7) is 23.8. The maximum absolute atomic E-state index is 2.76. The Kier molecular flexibility index (Phi) is 18.4. The molecule has 0 unspecified atom stereocenters. The standard InChI is InChI=1S/C98H107N/c1-11-17-23-31-57-98(58-32-24-18-12-2)89-62-69(94-83-36-27-25-34-81(83)93(82-35-26-28-37-84(82)94)68-41-48-74-73-33-29-30-38-85(73)95(9,10)86(74)61-68)42-49-77(89)80-52-45-72(65-92(80)98)99(70-43-50-78-75-46-39-66(7)59-87(75)96(53-19-13-3,54-20-14-4)90(78)63-70)71-44-51-79-76-47-40-67(8)60-88(76)97(55-21-15-5,56-22-16-6)91(79)64-71/h25-30,33-52,59-65H,11-24,31-32,53-58H2,1-10H3. The van der Waals surface area contributed by atoms with Crippen molar-refractivity contribution in [2.24, 2.45) is 0 Å². The minimum Gasteiger partial charge on any atom is -0.310 e. The monoisotopic (exact) mass is 1300 g/mol. The molecule has 0 amide bonds. The van der Waals surface area contributed by atoms with E-state index in [4.69, 9.17) is 0 Å². The van der Waals surface area contributed by atoms with Gasteiger partial charge < -0.3 is 4.90 Å². The van der Waals surface area contributed by atoms with Crippen LogP contribution in [-0.4, -0.2) is 0 Å². The van der Waals surface area contributed by atoms with Gasteiger partial charge in [-0.25, -0.2) is 0 Å². The van der Waals surface area contributed by atoms with E-state index in [0.717, 1.165) is 12.8 Å². The summed E-state index contributed by atoms with van der Waals surface area (Å²) in [4.78, 5) is 2.76. The van der Waals surface area contributed by atoms with Gasteiger partial charge in [-0.3, -0.25) is 0 Å². The third-order valence-corrected chi connectivity index (χ3v) is 25.0. The molecule has 504 valence electrons. The largest absolute Gasteiger partial charge is 0.310 e. The van der Waals surface area contributed by atoms with Gasteiger partial charge in [0.05, 0.1) is 0 Å². The number of fused-ring (bicyclic) bond motifs is 14. The average molecular weight is 1300 g/mol. The first-order chi connectivity index (χ1) is 48.4. The maximum atomic E-state index is 2.76. The Morgan fingerprint density at radius 1 is 0.253 bits per heavy atom. The summed E-state index contributed by atoms with van der Waals surface area (Å²) >= 11 is 0. The van der Waals surface area contributed by atoms with Crippen LogP contribution in [0.3, 0.4) is 0 Å². The highest BCUT2D eigenvalue weighted by Gasteiger charge is 2.47. The molecule has 4 aliphatic rings. The summed E-state index contributed by atoms with van der Waals surface area (Å²) in [7, 11) is 0. The van der Waals surface area contributed by atoms with Gasteiger partial charge >= 0.3 is 0 Å². The molecule has 4 aliphatic carbocycles. The second kappa shape index (κ2) is 27.4. The van der Waals surface area contributed by atoms with Gasteiger partial charge in [-0.15, -0.1) is 0 Å². The zero-order chi connectivity index (χ0) is 68.2. The van der Waals surface area contributed by atoms with Gasteiger partial charge in [0, 0.05) is 38.7 Å². The molecule has 0 saturated carbocycles. The van der Waals surface area contributed by atoms with Crippen LogP contribution >= 0.6 is 0 Å². The van der Waals surface area contributed by atoms with Gasteiger partial charge in [0.15, 0.2) is 0 Å². The van der Waals surface area contributed by atoms with Crippen LogP contribution in [0.4, 0.5) is 17.1 Å². The number of nitrogens with zero attached hydrogens (tertiary/aromatic N) is 1. The molecule has 0 fully saturated rings. The Labute approximate surface area is 594 Å².